The molecule has 0 bridgehead atoms. The molecule has 94 valence electrons. The molecule has 1 aromatic heterocycles. The number of aryl methyl sites for hydroxylation is 1. The van der Waals surface area contributed by atoms with Crippen LogP contribution < -0.4 is 0 Å². The molecule has 0 amide bonds. The minimum Gasteiger partial charge on any atom is -0.274 e. The molecule has 1 aromatic carbocycles. The molecule has 1 heterocycles. The molecule has 0 spiro atoms. The van der Waals surface area contributed by atoms with Crippen LogP contribution in [0.4, 0.5) is 0 Å². The van der Waals surface area contributed by atoms with Crippen LogP contribution in [-0.4, -0.2) is 15.5 Å². The van der Waals surface area contributed by atoms with E-state index in [1.807, 2.05) is 58.9 Å². The number of hydrogen-bond donors (Lipinski definition) is 0. The van der Waals surface area contributed by atoms with Gasteiger partial charge >= 0.3 is 0 Å². The first-order chi connectivity index (χ1) is 8.20. The van der Waals surface area contributed by atoms with Gasteiger partial charge in [0.2, 0.25) is 5.91 Å². The number of rotatable bonds is 0. The topological polar surface area (TPSA) is 34.9 Å². The number of nitrogens with zero attached hydrogens (tertiary/aromatic N) is 2. The predicted octanol–water partition coefficient (Wildman–Crippen LogP) is 4.06. The van der Waals surface area contributed by atoms with Gasteiger partial charge in [-0.25, -0.2) is 4.98 Å². The third-order valence-corrected chi connectivity index (χ3v) is 2.04. The summed E-state index contributed by atoms with van der Waals surface area (Å²) in [6.45, 7) is 11.4. The Hall–Kier alpha value is -1.64. The smallest absolute Gasteiger partial charge is 0.229 e. The van der Waals surface area contributed by atoms with E-state index in [0.717, 1.165) is 16.9 Å². The maximum atomic E-state index is 11.3. The highest BCUT2D eigenvalue weighted by Gasteiger charge is 2.08. The van der Waals surface area contributed by atoms with E-state index < -0.39 is 0 Å². The molecule has 0 unspecified atom stereocenters. The summed E-state index contributed by atoms with van der Waals surface area (Å²) < 4.78 is 1.62. The summed E-state index contributed by atoms with van der Waals surface area (Å²) in [6, 6.07) is 7.63. The van der Waals surface area contributed by atoms with Gasteiger partial charge in [0.15, 0.2) is 0 Å². The number of fused-ring (bicyclic) bond motifs is 1. The summed E-state index contributed by atoms with van der Waals surface area (Å²) >= 11 is 0. The van der Waals surface area contributed by atoms with Crippen LogP contribution in [-0.2, 0) is 0 Å². The number of benzene rings is 1. The lowest BCUT2D eigenvalue weighted by molar-refractivity contribution is 0.0939. The van der Waals surface area contributed by atoms with Gasteiger partial charge in [-0.2, -0.15) is 0 Å². The summed E-state index contributed by atoms with van der Waals surface area (Å²) in [5.41, 5.74) is 1.75. The van der Waals surface area contributed by atoms with Gasteiger partial charge in [-0.3, -0.25) is 9.36 Å². The quantitative estimate of drug-likeness (QED) is 0.689. The van der Waals surface area contributed by atoms with Gasteiger partial charge in [-0.1, -0.05) is 39.8 Å². The summed E-state index contributed by atoms with van der Waals surface area (Å²) in [5, 5.41) is 0. The van der Waals surface area contributed by atoms with Crippen molar-refractivity contribution in [2.45, 2.75) is 41.5 Å². The van der Waals surface area contributed by atoms with Crippen molar-refractivity contribution in [2.24, 2.45) is 0 Å². The normalized spacial score (nSPS) is 8.82. The van der Waals surface area contributed by atoms with Crippen LogP contribution in [0, 0.1) is 6.92 Å². The lowest BCUT2D eigenvalue weighted by atomic mass is 10.3. The number of carbonyl (C=O) groups excluding carboxylic acids is 1. The van der Waals surface area contributed by atoms with E-state index in [0.29, 0.717) is 0 Å². The molecule has 0 saturated heterocycles. The van der Waals surface area contributed by atoms with Gasteiger partial charge in [0.05, 0.1) is 11.0 Å². The van der Waals surface area contributed by atoms with E-state index in [1.165, 1.54) is 0 Å². The number of para-hydroxylation sites is 2. The summed E-state index contributed by atoms with van der Waals surface area (Å²) in [7, 11) is 0. The zero-order chi connectivity index (χ0) is 13.4. The highest BCUT2D eigenvalue weighted by Crippen LogP contribution is 2.14. The van der Waals surface area contributed by atoms with E-state index >= 15 is 0 Å². The summed E-state index contributed by atoms with van der Waals surface area (Å²) in [6.07, 6.45) is 0. The minimum atomic E-state index is 0.00574. The Kier molecular flexibility index (Phi) is 6.87. The van der Waals surface area contributed by atoms with Crippen LogP contribution in [0.5, 0.6) is 0 Å². The molecule has 3 nitrogen and oxygen atoms in total. The van der Waals surface area contributed by atoms with Crippen LogP contribution in [0.15, 0.2) is 24.3 Å². The van der Waals surface area contributed by atoms with E-state index in [-0.39, 0.29) is 5.91 Å². The van der Waals surface area contributed by atoms with Gasteiger partial charge in [0.1, 0.15) is 5.82 Å². The number of carbonyl (C=O) groups is 1. The molecule has 2 rings (SSSR count). The fourth-order valence-corrected chi connectivity index (χ4v) is 1.54. The fraction of sp³-hybridized carbons (Fsp3) is 0.429. The van der Waals surface area contributed by atoms with Crippen LogP contribution in [0.25, 0.3) is 11.0 Å². The van der Waals surface area contributed by atoms with Crippen molar-refractivity contribution in [3.63, 3.8) is 0 Å². The number of imidazole rings is 1. The van der Waals surface area contributed by atoms with E-state index in [1.54, 1.807) is 11.5 Å². The van der Waals surface area contributed by atoms with Crippen molar-refractivity contribution in [2.75, 3.05) is 0 Å². The van der Waals surface area contributed by atoms with Gasteiger partial charge in [-0.15, -0.1) is 0 Å². The fourth-order valence-electron chi connectivity index (χ4n) is 1.54. The number of aromatic nitrogens is 2. The second kappa shape index (κ2) is 7.60. The average Bonchev–Trinajstić information content (AvgIpc) is 2.70. The molecule has 0 aliphatic carbocycles. The lowest BCUT2D eigenvalue weighted by Gasteiger charge is -1.98. The molecule has 0 fully saturated rings. The maximum absolute atomic E-state index is 11.3. The Labute approximate surface area is 103 Å². The summed E-state index contributed by atoms with van der Waals surface area (Å²) in [5.74, 6) is 0.750. The van der Waals surface area contributed by atoms with Crippen LogP contribution in [0.2, 0.25) is 0 Å². The Morgan fingerprint density at radius 3 is 2.18 bits per heavy atom. The highest BCUT2D eigenvalue weighted by molar-refractivity contribution is 5.89. The van der Waals surface area contributed by atoms with Gasteiger partial charge in [0, 0.05) is 6.92 Å². The molecule has 0 aliphatic heterocycles. The molecule has 0 radical (unpaired) electrons. The molecular formula is C14H22N2O. The van der Waals surface area contributed by atoms with Gasteiger partial charge in [0.25, 0.3) is 0 Å². The van der Waals surface area contributed by atoms with Crippen molar-refractivity contribution >= 4 is 16.9 Å². The van der Waals surface area contributed by atoms with E-state index in [9.17, 15) is 4.79 Å². The lowest BCUT2D eigenvalue weighted by Crippen LogP contribution is -2.06. The van der Waals surface area contributed by atoms with Gasteiger partial charge in [-0.05, 0) is 19.1 Å². The second-order valence-corrected chi connectivity index (χ2v) is 3.00. The zero-order valence-electron chi connectivity index (χ0n) is 11.6. The minimum absolute atomic E-state index is 0.00574. The Morgan fingerprint density at radius 2 is 1.65 bits per heavy atom. The molecule has 0 saturated carbocycles. The predicted molar refractivity (Wildman–Crippen MR) is 73.5 cm³/mol. The van der Waals surface area contributed by atoms with Crippen molar-refractivity contribution in [1.29, 1.82) is 0 Å². The first-order valence-corrected chi connectivity index (χ1v) is 6.15. The molecule has 2 aromatic rings. The average molecular weight is 234 g/mol. The largest absolute Gasteiger partial charge is 0.274 e. The van der Waals surface area contributed by atoms with Crippen molar-refractivity contribution in [1.82, 2.24) is 9.55 Å². The number of hydrogen-bond acceptors (Lipinski definition) is 2. The summed E-state index contributed by atoms with van der Waals surface area (Å²) in [4.78, 5) is 15.5. The highest BCUT2D eigenvalue weighted by atomic mass is 16.1. The maximum Gasteiger partial charge on any atom is 0.229 e. The molecule has 3 heteroatoms. The SMILES string of the molecule is CC.CC.CC(=O)n1c(C)nc2ccccc21. The molecule has 17 heavy (non-hydrogen) atoms. The van der Waals surface area contributed by atoms with Crippen molar-refractivity contribution in [3.8, 4) is 0 Å². The standard InChI is InChI=1S/C10H10N2O.2C2H6/c1-7-11-9-5-3-4-6-10(9)12(7)8(2)13;2*1-2/h3-6H,1-2H3;2*1-2H3. The zero-order valence-corrected chi connectivity index (χ0v) is 11.6. The first kappa shape index (κ1) is 15.4. The third kappa shape index (κ3) is 3.41. The Balaban J connectivity index is 0.000000581. The van der Waals surface area contributed by atoms with Gasteiger partial charge < -0.3 is 0 Å². The molecule has 0 aliphatic rings. The Morgan fingerprint density at radius 1 is 1.12 bits per heavy atom. The van der Waals surface area contributed by atoms with Crippen molar-refractivity contribution in [3.05, 3.63) is 30.1 Å². The van der Waals surface area contributed by atoms with Crippen LogP contribution >= 0.6 is 0 Å². The van der Waals surface area contributed by atoms with Crippen LogP contribution in [0.1, 0.15) is 45.2 Å². The third-order valence-electron chi connectivity index (χ3n) is 2.04. The second-order valence-electron chi connectivity index (χ2n) is 3.00. The van der Waals surface area contributed by atoms with E-state index in [4.69, 9.17) is 0 Å². The van der Waals surface area contributed by atoms with Crippen LogP contribution in [0.3, 0.4) is 0 Å². The Bertz CT molecular complexity index is 472. The molecule has 0 N–H and O–H groups in total. The van der Waals surface area contributed by atoms with Crippen molar-refractivity contribution < 1.29 is 4.79 Å². The first-order valence-electron chi connectivity index (χ1n) is 6.15. The van der Waals surface area contributed by atoms with E-state index in [2.05, 4.69) is 4.98 Å². The monoisotopic (exact) mass is 234 g/mol. The molecule has 0 atom stereocenters. The molecular weight excluding hydrogens is 212 g/mol.